The van der Waals surface area contributed by atoms with Crippen molar-refractivity contribution in [2.45, 2.75) is 0 Å². The van der Waals surface area contributed by atoms with Gasteiger partial charge in [0, 0.05) is 37.9 Å². The molecule has 2 aliphatic heterocycles. The zero-order valence-corrected chi connectivity index (χ0v) is 9.80. The van der Waals surface area contributed by atoms with Crippen LogP contribution in [0.2, 0.25) is 0 Å². The van der Waals surface area contributed by atoms with Gasteiger partial charge in [-0.25, -0.2) is 4.39 Å². The summed E-state index contributed by atoms with van der Waals surface area (Å²) in [6, 6.07) is 3.79. The molecular weight excluding hydrogens is 237 g/mol. The van der Waals surface area contributed by atoms with E-state index in [2.05, 4.69) is 5.32 Å². The molecular formula is C12H14FN3O2. The predicted molar refractivity (Wildman–Crippen MR) is 65.1 cm³/mol. The van der Waals surface area contributed by atoms with Crippen LogP contribution in [-0.2, 0) is 0 Å². The Morgan fingerprint density at radius 3 is 2.56 bits per heavy atom. The number of rotatable bonds is 2. The van der Waals surface area contributed by atoms with Gasteiger partial charge in [-0.05, 0) is 17.9 Å². The van der Waals surface area contributed by atoms with Crippen molar-refractivity contribution < 1.29 is 9.31 Å². The lowest BCUT2D eigenvalue weighted by atomic mass is 10.0. The number of non-ortho nitro benzene ring substituents is 1. The number of nitrogens with zero attached hydrogens (tertiary/aromatic N) is 2. The highest BCUT2D eigenvalue weighted by Crippen LogP contribution is 2.32. The molecule has 2 fully saturated rings. The molecule has 96 valence electrons. The van der Waals surface area contributed by atoms with Crippen LogP contribution in [0.15, 0.2) is 18.2 Å². The highest BCUT2D eigenvalue weighted by molar-refractivity contribution is 5.54. The van der Waals surface area contributed by atoms with Crippen LogP contribution in [-0.4, -0.2) is 31.1 Å². The van der Waals surface area contributed by atoms with Gasteiger partial charge in [-0.15, -0.1) is 0 Å². The highest BCUT2D eigenvalue weighted by Gasteiger charge is 2.36. The summed E-state index contributed by atoms with van der Waals surface area (Å²) in [5.41, 5.74) is 0.441. The van der Waals surface area contributed by atoms with E-state index in [4.69, 9.17) is 0 Å². The van der Waals surface area contributed by atoms with Gasteiger partial charge in [0.25, 0.3) is 5.69 Å². The van der Waals surface area contributed by atoms with E-state index >= 15 is 0 Å². The molecule has 2 saturated heterocycles. The van der Waals surface area contributed by atoms with Gasteiger partial charge >= 0.3 is 0 Å². The first kappa shape index (κ1) is 11.4. The van der Waals surface area contributed by atoms with Gasteiger partial charge in [0.15, 0.2) is 0 Å². The summed E-state index contributed by atoms with van der Waals surface area (Å²) >= 11 is 0. The number of benzene rings is 1. The Bertz CT molecular complexity index is 482. The first-order chi connectivity index (χ1) is 8.63. The summed E-state index contributed by atoms with van der Waals surface area (Å²) in [4.78, 5) is 12.2. The van der Waals surface area contributed by atoms with Gasteiger partial charge < -0.3 is 10.2 Å². The molecule has 0 unspecified atom stereocenters. The molecule has 5 nitrogen and oxygen atoms in total. The van der Waals surface area contributed by atoms with Crippen molar-refractivity contribution in [3.63, 3.8) is 0 Å². The number of anilines is 1. The highest BCUT2D eigenvalue weighted by atomic mass is 19.1. The first-order valence-corrected chi connectivity index (χ1v) is 6.04. The maximum absolute atomic E-state index is 13.4. The van der Waals surface area contributed by atoms with Gasteiger partial charge in [0.05, 0.1) is 11.0 Å². The smallest absolute Gasteiger partial charge is 0.274 e. The number of nitro benzene ring substituents is 1. The van der Waals surface area contributed by atoms with Crippen molar-refractivity contribution in [2.75, 3.05) is 31.1 Å². The molecule has 2 heterocycles. The van der Waals surface area contributed by atoms with Crippen LogP contribution < -0.4 is 10.2 Å². The molecule has 0 amide bonds. The maximum atomic E-state index is 13.4. The van der Waals surface area contributed by atoms with Gasteiger partial charge in [0.2, 0.25) is 0 Å². The lowest BCUT2D eigenvalue weighted by Gasteiger charge is -2.19. The fourth-order valence-electron chi connectivity index (χ4n) is 2.91. The summed E-state index contributed by atoms with van der Waals surface area (Å²) in [6.45, 7) is 3.66. The van der Waals surface area contributed by atoms with Crippen molar-refractivity contribution in [2.24, 2.45) is 11.8 Å². The molecule has 1 aromatic rings. The third-order valence-electron chi connectivity index (χ3n) is 3.83. The number of halogens is 1. The molecule has 1 N–H and O–H groups in total. The van der Waals surface area contributed by atoms with Crippen LogP contribution in [0.3, 0.4) is 0 Å². The molecule has 3 rings (SSSR count). The minimum Gasteiger partial charge on any atom is -0.371 e. The van der Waals surface area contributed by atoms with Crippen molar-refractivity contribution in [1.29, 1.82) is 0 Å². The first-order valence-electron chi connectivity index (χ1n) is 6.04. The Labute approximate surface area is 104 Å². The Balaban J connectivity index is 1.86. The normalized spacial score (nSPS) is 26.4. The van der Waals surface area contributed by atoms with Crippen molar-refractivity contribution >= 4 is 11.4 Å². The molecule has 18 heavy (non-hydrogen) atoms. The minimum absolute atomic E-state index is 0.180. The number of nitro groups is 1. The fourth-order valence-corrected chi connectivity index (χ4v) is 2.91. The predicted octanol–water partition coefficient (Wildman–Crippen LogP) is 1.39. The second-order valence-electron chi connectivity index (χ2n) is 5.01. The van der Waals surface area contributed by atoms with E-state index in [-0.39, 0.29) is 5.69 Å². The topological polar surface area (TPSA) is 58.4 Å². The molecule has 0 spiro atoms. The molecule has 0 saturated carbocycles. The van der Waals surface area contributed by atoms with Crippen molar-refractivity contribution in [3.8, 4) is 0 Å². The van der Waals surface area contributed by atoms with E-state index < -0.39 is 10.7 Å². The second-order valence-corrected chi connectivity index (χ2v) is 5.01. The maximum Gasteiger partial charge on any atom is 0.274 e. The zero-order valence-electron chi connectivity index (χ0n) is 9.80. The van der Waals surface area contributed by atoms with E-state index in [1.807, 2.05) is 4.90 Å². The molecule has 0 aliphatic carbocycles. The van der Waals surface area contributed by atoms with E-state index in [1.165, 1.54) is 12.1 Å². The van der Waals surface area contributed by atoms with Crippen LogP contribution in [0, 0.1) is 27.8 Å². The molecule has 1 aromatic carbocycles. The molecule has 2 aliphatic rings. The third-order valence-corrected chi connectivity index (χ3v) is 3.83. The van der Waals surface area contributed by atoms with E-state index in [0.717, 1.165) is 32.2 Å². The number of fused-ring (bicyclic) bond motifs is 1. The van der Waals surface area contributed by atoms with Crippen molar-refractivity contribution in [3.05, 3.63) is 34.1 Å². The Kier molecular flexibility index (Phi) is 2.66. The third kappa shape index (κ3) is 1.92. The van der Waals surface area contributed by atoms with Crippen LogP contribution in [0.1, 0.15) is 0 Å². The molecule has 6 heteroatoms. The second kappa shape index (κ2) is 4.20. The summed E-state index contributed by atoms with van der Waals surface area (Å²) in [5, 5.41) is 14.1. The fraction of sp³-hybridized carbons (Fsp3) is 0.500. The lowest BCUT2D eigenvalue weighted by molar-refractivity contribution is -0.385. The minimum atomic E-state index is -0.551. The number of hydrogen-bond donors (Lipinski definition) is 1. The monoisotopic (exact) mass is 251 g/mol. The van der Waals surface area contributed by atoms with Crippen LogP contribution >= 0.6 is 0 Å². The summed E-state index contributed by atoms with van der Waals surface area (Å²) in [5.74, 6) is 0.606. The Hall–Kier alpha value is -1.69. The molecule has 0 radical (unpaired) electrons. The van der Waals surface area contributed by atoms with E-state index in [0.29, 0.717) is 17.5 Å². The van der Waals surface area contributed by atoms with Gasteiger partial charge in [-0.2, -0.15) is 0 Å². The van der Waals surface area contributed by atoms with Gasteiger partial charge in [-0.3, -0.25) is 10.1 Å². The van der Waals surface area contributed by atoms with Gasteiger partial charge in [-0.1, -0.05) is 0 Å². The molecule has 0 aromatic heterocycles. The van der Waals surface area contributed by atoms with Crippen LogP contribution in [0.5, 0.6) is 0 Å². The molecule has 0 bridgehead atoms. The van der Waals surface area contributed by atoms with Crippen molar-refractivity contribution in [1.82, 2.24) is 5.32 Å². The SMILES string of the molecule is O=[N+]([O-])c1cc(F)cc(N2C[C@H]3CNC[C@H]3C2)c1. The van der Waals surface area contributed by atoms with E-state index in [1.54, 1.807) is 0 Å². The van der Waals surface area contributed by atoms with Crippen LogP contribution in [0.4, 0.5) is 15.8 Å². The molecule has 2 atom stereocenters. The quantitative estimate of drug-likeness (QED) is 0.637. The zero-order chi connectivity index (χ0) is 12.7. The lowest BCUT2D eigenvalue weighted by Crippen LogP contribution is -2.25. The summed E-state index contributed by atoms with van der Waals surface area (Å²) < 4.78 is 13.4. The average molecular weight is 251 g/mol. The summed E-state index contributed by atoms with van der Waals surface area (Å²) in [6.07, 6.45) is 0. The largest absolute Gasteiger partial charge is 0.371 e. The average Bonchev–Trinajstić information content (AvgIpc) is 2.87. The number of nitrogens with one attached hydrogen (secondary N) is 1. The van der Waals surface area contributed by atoms with E-state index in [9.17, 15) is 14.5 Å². The van der Waals surface area contributed by atoms with Gasteiger partial charge in [0.1, 0.15) is 5.82 Å². The number of hydrogen-bond acceptors (Lipinski definition) is 4. The standard InChI is InChI=1S/C12H14FN3O2/c13-10-1-11(3-12(2-10)16(17)18)15-6-8-4-14-5-9(8)7-15/h1-3,8-9,14H,4-7H2/t8-,9+. The Morgan fingerprint density at radius 1 is 1.28 bits per heavy atom. The summed E-state index contributed by atoms with van der Waals surface area (Å²) in [7, 11) is 0. The van der Waals surface area contributed by atoms with Crippen LogP contribution in [0.25, 0.3) is 0 Å². The Morgan fingerprint density at radius 2 is 1.94 bits per heavy atom.